The highest BCUT2D eigenvalue weighted by Gasteiger charge is 2.27. The molecular formula is C37H71O10P. The van der Waals surface area contributed by atoms with Crippen LogP contribution in [0, 0.1) is 0 Å². The predicted octanol–water partition coefficient (Wildman–Crippen LogP) is 9.28. The molecule has 0 radical (unpaired) electrons. The van der Waals surface area contributed by atoms with E-state index in [9.17, 15) is 24.2 Å². The minimum absolute atomic E-state index is 0.186. The third-order valence-corrected chi connectivity index (χ3v) is 9.27. The lowest BCUT2D eigenvalue weighted by Gasteiger charge is -2.20. The maximum Gasteiger partial charge on any atom is 0.472 e. The van der Waals surface area contributed by atoms with Gasteiger partial charge in [0.2, 0.25) is 0 Å². The van der Waals surface area contributed by atoms with E-state index < -0.39 is 51.8 Å². The van der Waals surface area contributed by atoms with Crippen LogP contribution in [0.3, 0.4) is 0 Å². The van der Waals surface area contributed by atoms with Crippen molar-refractivity contribution in [3.8, 4) is 0 Å². The number of carbonyl (C=O) groups is 2. The fourth-order valence-corrected chi connectivity index (χ4v) is 6.12. The van der Waals surface area contributed by atoms with Gasteiger partial charge in [-0.2, -0.15) is 0 Å². The summed E-state index contributed by atoms with van der Waals surface area (Å²) in [5, 5.41) is 18.3. The Bertz CT molecular complexity index is 809. The number of hydrogen-bond donors (Lipinski definition) is 3. The minimum Gasteiger partial charge on any atom is -0.462 e. The van der Waals surface area contributed by atoms with Gasteiger partial charge in [0, 0.05) is 12.8 Å². The van der Waals surface area contributed by atoms with Crippen molar-refractivity contribution < 1.29 is 47.8 Å². The highest BCUT2D eigenvalue weighted by Crippen LogP contribution is 2.43. The Morgan fingerprint density at radius 2 is 1.06 bits per heavy atom. The molecule has 11 heteroatoms. The number of esters is 2. The summed E-state index contributed by atoms with van der Waals surface area (Å²) < 4.78 is 32.5. The third-order valence-electron chi connectivity index (χ3n) is 8.32. The highest BCUT2D eigenvalue weighted by atomic mass is 31.2. The van der Waals surface area contributed by atoms with Gasteiger partial charge < -0.3 is 24.6 Å². The van der Waals surface area contributed by atoms with Crippen molar-refractivity contribution in [3.05, 3.63) is 12.7 Å². The largest absolute Gasteiger partial charge is 0.472 e. The lowest BCUT2D eigenvalue weighted by atomic mass is 10.0. The van der Waals surface area contributed by atoms with E-state index in [4.69, 9.17) is 19.1 Å². The standard InChI is InChI=1S/C37H71O10P/c1-3-5-7-9-11-13-15-16-17-18-19-21-23-25-27-29-37(41)47-35(33-46-48(42,43)45-31-34(39)30-38)32-44-36(40)28-26-24-22-20-14-12-10-8-6-4-2/h3,34-35,38-39H,1,4-33H2,2H3,(H,42,43)/t34-,35+/m0/s1. The van der Waals surface area contributed by atoms with E-state index >= 15 is 0 Å². The number of phosphoric ester groups is 1. The van der Waals surface area contributed by atoms with Crippen LogP contribution in [0.1, 0.15) is 174 Å². The van der Waals surface area contributed by atoms with E-state index in [1.165, 1.54) is 96.3 Å². The topological polar surface area (TPSA) is 149 Å². The number of aliphatic hydroxyl groups excluding tert-OH is 2. The molecule has 0 saturated carbocycles. The zero-order valence-electron chi connectivity index (χ0n) is 30.3. The van der Waals surface area contributed by atoms with Crippen LogP contribution < -0.4 is 0 Å². The Morgan fingerprint density at radius 1 is 0.646 bits per heavy atom. The van der Waals surface area contributed by atoms with Crippen LogP contribution in [0.25, 0.3) is 0 Å². The lowest BCUT2D eigenvalue weighted by Crippen LogP contribution is -2.29. The van der Waals surface area contributed by atoms with E-state index in [0.29, 0.717) is 12.8 Å². The Balaban J connectivity index is 4.31. The van der Waals surface area contributed by atoms with Gasteiger partial charge in [-0.25, -0.2) is 4.57 Å². The highest BCUT2D eigenvalue weighted by molar-refractivity contribution is 7.47. The van der Waals surface area contributed by atoms with Crippen LogP contribution >= 0.6 is 7.82 Å². The average molecular weight is 707 g/mol. The van der Waals surface area contributed by atoms with Gasteiger partial charge in [0.1, 0.15) is 12.7 Å². The number of aliphatic hydroxyl groups is 2. The zero-order chi connectivity index (χ0) is 35.6. The average Bonchev–Trinajstić information content (AvgIpc) is 3.07. The molecule has 0 saturated heterocycles. The Labute approximate surface area is 292 Å². The molecule has 0 rings (SSSR count). The molecule has 0 aliphatic heterocycles. The SMILES string of the molecule is C=CCCCCCCCCCCCCCCCC(=O)O[C@H](COC(=O)CCCCCCCCCCCC)COP(=O)(O)OC[C@@H](O)CO. The number of unbranched alkanes of at least 4 members (excludes halogenated alkanes) is 22. The Morgan fingerprint density at radius 3 is 1.52 bits per heavy atom. The van der Waals surface area contributed by atoms with Gasteiger partial charge in [-0.1, -0.05) is 141 Å². The predicted molar refractivity (Wildman–Crippen MR) is 192 cm³/mol. The van der Waals surface area contributed by atoms with E-state index in [2.05, 4.69) is 18.0 Å². The fourth-order valence-electron chi connectivity index (χ4n) is 5.33. The van der Waals surface area contributed by atoms with Crippen molar-refractivity contribution in [2.24, 2.45) is 0 Å². The number of carbonyl (C=O) groups excluding carboxylic acids is 2. The molecule has 0 fully saturated rings. The van der Waals surface area contributed by atoms with Crippen LogP contribution in [0.2, 0.25) is 0 Å². The molecule has 0 bridgehead atoms. The van der Waals surface area contributed by atoms with Crippen molar-refractivity contribution in [2.45, 2.75) is 186 Å². The van der Waals surface area contributed by atoms with Crippen LogP contribution in [-0.4, -0.2) is 65.7 Å². The molecule has 10 nitrogen and oxygen atoms in total. The number of allylic oxidation sites excluding steroid dienone is 1. The molecule has 0 spiro atoms. The maximum atomic E-state index is 12.5. The summed E-state index contributed by atoms with van der Waals surface area (Å²) in [5.74, 6) is -0.924. The number of rotatable bonds is 37. The summed E-state index contributed by atoms with van der Waals surface area (Å²) in [7, 11) is -4.60. The molecule has 48 heavy (non-hydrogen) atoms. The Hall–Kier alpha value is -1.29. The summed E-state index contributed by atoms with van der Waals surface area (Å²) in [6.07, 6.45) is 27.9. The van der Waals surface area contributed by atoms with Gasteiger partial charge in [-0.3, -0.25) is 18.6 Å². The molecule has 0 aliphatic rings. The lowest BCUT2D eigenvalue weighted by molar-refractivity contribution is -0.161. The number of phosphoric acid groups is 1. The molecule has 0 aromatic carbocycles. The molecule has 1 unspecified atom stereocenters. The molecule has 0 aromatic rings. The van der Waals surface area contributed by atoms with E-state index in [1.54, 1.807) is 0 Å². The fraction of sp³-hybridized carbons (Fsp3) is 0.892. The second-order valence-electron chi connectivity index (χ2n) is 13.0. The first-order valence-corrected chi connectivity index (χ1v) is 20.6. The molecule has 0 heterocycles. The normalized spacial score (nSPS) is 13.9. The maximum absolute atomic E-state index is 12.5. The minimum atomic E-state index is -4.60. The zero-order valence-corrected chi connectivity index (χ0v) is 31.2. The van der Waals surface area contributed by atoms with Crippen molar-refractivity contribution in [1.82, 2.24) is 0 Å². The molecule has 3 N–H and O–H groups in total. The first-order chi connectivity index (χ1) is 23.2. The quantitative estimate of drug-likeness (QED) is 0.0247. The summed E-state index contributed by atoms with van der Waals surface area (Å²) in [6, 6.07) is 0. The van der Waals surface area contributed by atoms with E-state index in [1.807, 2.05) is 6.08 Å². The summed E-state index contributed by atoms with van der Waals surface area (Å²) >= 11 is 0. The van der Waals surface area contributed by atoms with Crippen molar-refractivity contribution in [1.29, 1.82) is 0 Å². The summed E-state index contributed by atoms with van der Waals surface area (Å²) in [4.78, 5) is 34.8. The van der Waals surface area contributed by atoms with Gasteiger partial charge >= 0.3 is 19.8 Å². The first-order valence-electron chi connectivity index (χ1n) is 19.1. The summed E-state index contributed by atoms with van der Waals surface area (Å²) in [5.41, 5.74) is 0. The smallest absolute Gasteiger partial charge is 0.462 e. The van der Waals surface area contributed by atoms with Crippen LogP contribution in [0.5, 0.6) is 0 Å². The summed E-state index contributed by atoms with van der Waals surface area (Å²) in [6.45, 7) is 3.88. The van der Waals surface area contributed by atoms with Crippen LogP contribution in [0.15, 0.2) is 12.7 Å². The van der Waals surface area contributed by atoms with Crippen molar-refractivity contribution in [3.63, 3.8) is 0 Å². The number of ether oxygens (including phenoxy) is 2. The molecule has 0 aromatic heterocycles. The van der Waals surface area contributed by atoms with Crippen LogP contribution in [0.4, 0.5) is 0 Å². The third kappa shape index (κ3) is 33.2. The van der Waals surface area contributed by atoms with Gasteiger partial charge in [-0.05, 0) is 25.7 Å². The monoisotopic (exact) mass is 706 g/mol. The van der Waals surface area contributed by atoms with Gasteiger partial charge in [0.15, 0.2) is 6.10 Å². The second-order valence-corrected chi connectivity index (χ2v) is 14.5. The molecule has 3 atom stereocenters. The van der Waals surface area contributed by atoms with Gasteiger partial charge in [0.25, 0.3) is 0 Å². The van der Waals surface area contributed by atoms with Crippen LogP contribution in [-0.2, 0) is 32.7 Å². The molecule has 0 aliphatic carbocycles. The first kappa shape index (κ1) is 46.7. The molecular weight excluding hydrogens is 635 g/mol. The van der Waals surface area contributed by atoms with E-state index in [-0.39, 0.29) is 19.4 Å². The number of hydrogen-bond acceptors (Lipinski definition) is 9. The molecule has 0 amide bonds. The molecule has 284 valence electrons. The van der Waals surface area contributed by atoms with Crippen molar-refractivity contribution in [2.75, 3.05) is 26.4 Å². The Kier molecular flexibility index (Phi) is 33.3. The van der Waals surface area contributed by atoms with E-state index in [0.717, 1.165) is 44.9 Å². The van der Waals surface area contributed by atoms with Crippen molar-refractivity contribution >= 4 is 19.8 Å². The van der Waals surface area contributed by atoms with Gasteiger partial charge in [-0.15, -0.1) is 6.58 Å². The second kappa shape index (κ2) is 34.2. The van der Waals surface area contributed by atoms with Gasteiger partial charge in [0.05, 0.1) is 19.8 Å².